The molecule has 0 aliphatic carbocycles. The molecule has 1 heterocycles. The lowest BCUT2D eigenvalue weighted by atomic mass is 10.0. The highest BCUT2D eigenvalue weighted by molar-refractivity contribution is 9.10. The first-order chi connectivity index (χ1) is 9.02. The van der Waals surface area contributed by atoms with Gasteiger partial charge < -0.3 is 0 Å². The number of rotatable bonds is 4. The van der Waals surface area contributed by atoms with Crippen molar-refractivity contribution in [1.82, 2.24) is 5.43 Å². The van der Waals surface area contributed by atoms with Crippen LogP contribution in [0.4, 0.5) is 8.78 Å². The third-order valence-electron chi connectivity index (χ3n) is 2.69. The Kier molecular flexibility index (Phi) is 4.92. The summed E-state index contributed by atoms with van der Waals surface area (Å²) in [6.45, 7) is 0. The molecule has 1 atom stereocenters. The monoisotopic (exact) mass is 366 g/mol. The van der Waals surface area contributed by atoms with Crippen LogP contribution in [0.3, 0.4) is 0 Å². The minimum atomic E-state index is -0.608. The topological polar surface area (TPSA) is 38.0 Å². The normalized spacial score (nSPS) is 12.7. The van der Waals surface area contributed by atoms with Crippen LogP contribution in [0, 0.1) is 11.6 Å². The fourth-order valence-corrected chi connectivity index (χ4v) is 3.21. The zero-order chi connectivity index (χ0) is 14.0. The van der Waals surface area contributed by atoms with E-state index in [0.29, 0.717) is 4.34 Å². The van der Waals surface area contributed by atoms with Crippen LogP contribution in [0.25, 0.3) is 0 Å². The Hall–Kier alpha value is -0.530. The quantitative estimate of drug-likeness (QED) is 0.483. The van der Waals surface area contributed by atoms with Crippen LogP contribution >= 0.6 is 38.9 Å². The molecule has 2 rings (SSSR count). The standard InChI is InChI=1S/C12H10BrClF2N2S/c13-7-1-2-8(15)6(12(7)16)5-9(18-17)10-3-4-11(14)19-10/h1-4,9,18H,5,17H2. The molecule has 0 spiro atoms. The van der Waals surface area contributed by atoms with Crippen LogP contribution in [-0.4, -0.2) is 0 Å². The van der Waals surface area contributed by atoms with E-state index in [-0.39, 0.29) is 16.5 Å². The molecule has 2 aromatic rings. The van der Waals surface area contributed by atoms with Crippen LogP contribution in [-0.2, 0) is 6.42 Å². The second kappa shape index (κ2) is 6.28. The first-order valence-corrected chi connectivity index (χ1v) is 7.35. The Morgan fingerprint density at radius 2 is 2.05 bits per heavy atom. The molecule has 0 fully saturated rings. The molecule has 2 nitrogen and oxygen atoms in total. The van der Waals surface area contributed by atoms with E-state index in [9.17, 15) is 8.78 Å². The summed E-state index contributed by atoms with van der Waals surface area (Å²) < 4.78 is 28.4. The van der Waals surface area contributed by atoms with E-state index >= 15 is 0 Å². The van der Waals surface area contributed by atoms with Crippen molar-refractivity contribution >= 4 is 38.9 Å². The molecular weight excluding hydrogens is 358 g/mol. The average Bonchev–Trinajstić information content (AvgIpc) is 2.81. The van der Waals surface area contributed by atoms with Gasteiger partial charge >= 0.3 is 0 Å². The Morgan fingerprint density at radius 3 is 2.63 bits per heavy atom. The summed E-state index contributed by atoms with van der Waals surface area (Å²) >= 11 is 10.2. The summed E-state index contributed by atoms with van der Waals surface area (Å²) in [5.74, 6) is 4.25. The maximum atomic E-state index is 13.9. The lowest BCUT2D eigenvalue weighted by Crippen LogP contribution is -2.29. The third kappa shape index (κ3) is 3.32. The predicted molar refractivity (Wildman–Crippen MR) is 77.2 cm³/mol. The number of nitrogens with one attached hydrogen (secondary N) is 1. The van der Waals surface area contributed by atoms with Crippen LogP contribution in [0.1, 0.15) is 16.5 Å². The van der Waals surface area contributed by atoms with Gasteiger partial charge in [0.1, 0.15) is 11.6 Å². The Labute approximate surface area is 126 Å². The van der Waals surface area contributed by atoms with Gasteiger partial charge in [-0.15, -0.1) is 11.3 Å². The van der Waals surface area contributed by atoms with Gasteiger partial charge in [0.15, 0.2) is 0 Å². The largest absolute Gasteiger partial charge is 0.271 e. The number of thiophene rings is 1. The van der Waals surface area contributed by atoms with Crippen LogP contribution in [0.2, 0.25) is 4.34 Å². The Morgan fingerprint density at radius 1 is 1.32 bits per heavy atom. The molecule has 0 bridgehead atoms. The van der Waals surface area contributed by atoms with Gasteiger partial charge in [0.2, 0.25) is 0 Å². The molecule has 19 heavy (non-hydrogen) atoms. The van der Waals surface area contributed by atoms with E-state index in [1.165, 1.54) is 23.5 Å². The fraction of sp³-hybridized carbons (Fsp3) is 0.167. The lowest BCUT2D eigenvalue weighted by Gasteiger charge is -2.15. The molecule has 102 valence electrons. The molecule has 7 heteroatoms. The summed E-state index contributed by atoms with van der Waals surface area (Å²) in [6.07, 6.45) is 0.102. The molecule has 1 unspecified atom stereocenters. The number of nitrogens with two attached hydrogens (primary N) is 1. The highest BCUT2D eigenvalue weighted by Crippen LogP contribution is 2.31. The average molecular weight is 368 g/mol. The van der Waals surface area contributed by atoms with Crippen molar-refractivity contribution in [2.24, 2.45) is 5.84 Å². The molecule has 0 saturated carbocycles. The molecule has 0 saturated heterocycles. The van der Waals surface area contributed by atoms with Crippen LogP contribution < -0.4 is 11.3 Å². The van der Waals surface area contributed by atoms with Crippen molar-refractivity contribution < 1.29 is 8.78 Å². The lowest BCUT2D eigenvalue weighted by molar-refractivity contribution is 0.502. The predicted octanol–water partition coefficient (Wildman–Crippen LogP) is 4.19. The zero-order valence-corrected chi connectivity index (χ0v) is 12.7. The van der Waals surface area contributed by atoms with Crippen molar-refractivity contribution in [3.05, 3.63) is 55.1 Å². The molecule has 1 aromatic carbocycles. The molecule has 0 radical (unpaired) electrons. The smallest absolute Gasteiger partial charge is 0.143 e. The van der Waals surface area contributed by atoms with Gasteiger partial charge in [-0.05, 0) is 46.6 Å². The van der Waals surface area contributed by atoms with Crippen LogP contribution in [0.5, 0.6) is 0 Å². The van der Waals surface area contributed by atoms with Gasteiger partial charge in [0.25, 0.3) is 0 Å². The zero-order valence-electron chi connectivity index (χ0n) is 9.59. The summed E-state index contributed by atoms with van der Waals surface area (Å²) in [5.41, 5.74) is 2.55. The van der Waals surface area contributed by atoms with Gasteiger partial charge in [0, 0.05) is 10.4 Å². The molecular formula is C12H10BrClF2N2S. The second-order valence-electron chi connectivity index (χ2n) is 3.89. The first-order valence-electron chi connectivity index (χ1n) is 5.36. The minimum absolute atomic E-state index is 0.0122. The molecule has 3 N–H and O–H groups in total. The van der Waals surface area contributed by atoms with Crippen molar-refractivity contribution in [2.45, 2.75) is 12.5 Å². The number of benzene rings is 1. The molecule has 0 amide bonds. The number of halogens is 4. The van der Waals surface area contributed by atoms with E-state index in [1.807, 2.05) is 0 Å². The summed E-state index contributed by atoms with van der Waals surface area (Å²) in [5, 5.41) is 0. The van der Waals surface area contributed by atoms with Crippen molar-refractivity contribution in [1.29, 1.82) is 0 Å². The molecule has 0 aliphatic heterocycles. The number of hydrogen-bond donors (Lipinski definition) is 2. The number of hydrogen-bond acceptors (Lipinski definition) is 3. The maximum absolute atomic E-state index is 13.9. The molecule has 0 aliphatic rings. The third-order valence-corrected chi connectivity index (χ3v) is 4.64. The Balaban J connectivity index is 2.31. The van der Waals surface area contributed by atoms with Crippen LogP contribution in [0.15, 0.2) is 28.7 Å². The Bertz CT molecular complexity index is 591. The van der Waals surface area contributed by atoms with Gasteiger partial charge in [-0.3, -0.25) is 11.3 Å². The van der Waals surface area contributed by atoms with Gasteiger partial charge in [-0.1, -0.05) is 11.6 Å². The van der Waals surface area contributed by atoms with E-state index in [4.69, 9.17) is 17.4 Å². The van der Waals surface area contributed by atoms with E-state index < -0.39 is 17.7 Å². The second-order valence-corrected chi connectivity index (χ2v) is 6.49. The SMILES string of the molecule is NNC(Cc1c(F)ccc(Br)c1F)c1ccc(Cl)s1. The molecule has 1 aromatic heterocycles. The summed E-state index contributed by atoms with van der Waals surface area (Å²) in [6, 6.07) is 5.67. The maximum Gasteiger partial charge on any atom is 0.143 e. The highest BCUT2D eigenvalue weighted by atomic mass is 79.9. The fourth-order valence-electron chi connectivity index (χ4n) is 1.72. The van der Waals surface area contributed by atoms with Gasteiger partial charge in [-0.2, -0.15) is 0 Å². The van der Waals surface area contributed by atoms with Crippen molar-refractivity contribution in [3.63, 3.8) is 0 Å². The van der Waals surface area contributed by atoms with E-state index in [0.717, 1.165) is 4.88 Å². The highest BCUT2D eigenvalue weighted by Gasteiger charge is 2.19. The van der Waals surface area contributed by atoms with Crippen molar-refractivity contribution in [3.8, 4) is 0 Å². The van der Waals surface area contributed by atoms with E-state index in [1.54, 1.807) is 12.1 Å². The summed E-state index contributed by atoms with van der Waals surface area (Å²) in [7, 11) is 0. The van der Waals surface area contributed by atoms with E-state index in [2.05, 4.69) is 21.4 Å². The first kappa shape index (κ1) is 14.9. The minimum Gasteiger partial charge on any atom is -0.271 e. The van der Waals surface area contributed by atoms with Gasteiger partial charge in [0.05, 0.1) is 14.9 Å². The number of hydrazine groups is 1. The van der Waals surface area contributed by atoms with Gasteiger partial charge in [-0.25, -0.2) is 8.78 Å². The summed E-state index contributed by atoms with van der Waals surface area (Å²) in [4.78, 5) is 0.825. The van der Waals surface area contributed by atoms with Crippen molar-refractivity contribution in [2.75, 3.05) is 0 Å².